The van der Waals surface area contributed by atoms with Gasteiger partial charge >= 0.3 is 11.7 Å². The molecule has 0 atom stereocenters. The molecular formula is C22H23N3O4. The molecule has 1 saturated carbocycles. The highest BCUT2D eigenvalue weighted by Gasteiger charge is 2.21. The molecule has 0 bridgehead atoms. The van der Waals surface area contributed by atoms with Crippen molar-refractivity contribution in [1.29, 1.82) is 0 Å². The van der Waals surface area contributed by atoms with Gasteiger partial charge in [-0.15, -0.1) is 0 Å². The predicted molar refractivity (Wildman–Crippen MR) is 110 cm³/mol. The van der Waals surface area contributed by atoms with Gasteiger partial charge in [0.2, 0.25) is 0 Å². The lowest BCUT2D eigenvalue weighted by atomic mass is 10.1. The molecule has 150 valence electrons. The summed E-state index contributed by atoms with van der Waals surface area (Å²) in [5, 5.41) is 11.9. The van der Waals surface area contributed by atoms with E-state index in [1.54, 1.807) is 24.3 Å². The Balaban J connectivity index is 1.44. The molecule has 7 nitrogen and oxygen atoms in total. The third-order valence-corrected chi connectivity index (χ3v) is 5.54. The number of aromatic nitrogens is 2. The largest absolute Gasteiger partial charge is 0.478 e. The Hall–Kier alpha value is -3.35. The lowest BCUT2D eigenvalue weighted by Crippen LogP contribution is -2.25. The minimum absolute atomic E-state index is 0.122. The van der Waals surface area contributed by atoms with Gasteiger partial charge in [-0.05, 0) is 55.2 Å². The van der Waals surface area contributed by atoms with Crippen molar-refractivity contribution in [3.8, 4) is 0 Å². The van der Waals surface area contributed by atoms with E-state index < -0.39 is 5.97 Å². The van der Waals surface area contributed by atoms with Crippen molar-refractivity contribution in [2.45, 2.75) is 38.1 Å². The van der Waals surface area contributed by atoms with Crippen molar-refractivity contribution >= 4 is 22.9 Å². The van der Waals surface area contributed by atoms with Crippen LogP contribution in [0.5, 0.6) is 0 Å². The van der Waals surface area contributed by atoms with Crippen LogP contribution in [0.25, 0.3) is 11.0 Å². The van der Waals surface area contributed by atoms with E-state index in [0.717, 1.165) is 36.8 Å². The maximum atomic E-state index is 12.5. The highest BCUT2D eigenvalue weighted by Crippen LogP contribution is 2.30. The number of carbonyl (C=O) groups is 2. The number of aromatic carboxylic acids is 1. The van der Waals surface area contributed by atoms with Gasteiger partial charge in [0, 0.05) is 18.2 Å². The average Bonchev–Trinajstić information content (AvgIpc) is 3.34. The number of rotatable bonds is 6. The zero-order valence-corrected chi connectivity index (χ0v) is 16.0. The van der Waals surface area contributed by atoms with Crippen LogP contribution in [-0.2, 0) is 6.42 Å². The number of H-pyrrole nitrogens is 1. The van der Waals surface area contributed by atoms with Crippen molar-refractivity contribution in [2.24, 2.45) is 0 Å². The van der Waals surface area contributed by atoms with Crippen LogP contribution in [0.3, 0.4) is 0 Å². The Kier molecular flexibility index (Phi) is 5.20. The lowest BCUT2D eigenvalue weighted by Gasteiger charge is -2.11. The zero-order chi connectivity index (χ0) is 20.4. The van der Waals surface area contributed by atoms with Gasteiger partial charge in [-0.1, -0.05) is 25.0 Å². The highest BCUT2D eigenvalue weighted by atomic mass is 16.4. The van der Waals surface area contributed by atoms with Gasteiger partial charge in [0.05, 0.1) is 16.6 Å². The molecule has 7 heteroatoms. The lowest BCUT2D eigenvalue weighted by molar-refractivity contribution is 0.0696. The summed E-state index contributed by atoms with van der Waals surface area (Å²) >= 11 is 0. The molecule has 0 unspecified atom stereocenters. The van der Waals surface area contributed by atoms with Gasteiger partial charge in [0.1, 0.15) is 0 Å². The molecule has 3 N–H and O–H groups in total. The second-order valence-corrected chi connectivity index (χ2v) is 7.48. The van der Waals surface area contributed by atoms with Crippen molar-refractivity contribution in [3.63, 3.8) is 0 Å². The molecule has 1 fully saturated rings. The predicted octanol–water partition coefficient (Wildman–Crippen LogP) is 3.12. The molecule has 4 rings (SSSR count). The van der Waals surface area contributed by atoms with E-state index in [0.29, 0.717) is 24.0 Å². The molecular weight excluding hydrogens is 370 g/mol. The third kappa shape index (κ3) is 3.94. The van der Waals surface area contributed by atoms with Crippen LogP contribution in [0, 0.1) is 0 Å². The fourth-order valence-electron chi connectivity index (χ4n) is 4.08. The summed E-state index contributed by atoms with van der Waals surface area (Å²) in [4.78, 5) is 38.8. The first-order valence-corrected chi connectivity index (χ1v) is 9.87. The minimum Gasteiger partial charge on any atom is -0.478 e. The van der Waals surface area contributed by atoms with Crippen LogP contribution in [0.2, 0.25) is 0 Å². The van der Waals surface area contributed by atoms with Crippen LogP contribution in [-0.4, -0.2) is 33.1 Å². The fraction of sp³-hybridized carbons (Fsp3) is 0.318. The number of carboxylic acids is 1. The molecule has 1 aromatic heterocycles. The molecule has 2 aromatic carbocycles. The van der Waals surface area contributed by atoms with Gasteiger partial charge in [0.25, 0.3) is 5.91 Å². The molecule has 1 amide bonds. The Bertz CT molecular complexity index is 1120. The van der Waals surface area contributed by atoms with Crippen molar-refractivity contribution in [3.05, 3.63) is 69.6 Å². The van der Waals surface area contributed by atoms with E-state index >= 15 is 0 Å². The number of hydrogen-bond acceptors (Lipinski definition) is 3. The van der Waals surface area contributed by atoms with Gasteiger partial charge in [0.15, 0.2) is 0 Å². The summed E-state index contributed by atoms with van der Waals surface area (Å²) < 4.78 is 1.82. The number of imidazole rings is 1. The first-order chi connectivity index (χ1) is 14.0. The second-order valence-electron chi connectivity index (χ2n) is 7.48. The van der Waals surface area contributed by atoms with Gasteiger partial charge in [-0.2, -0.15) is 0 Å². The van der Waals surface area contributed by atoms with E-state index in [-0.39, 0.29) is 23.2 Å². The van der Waals surface area contributed by atoms with Crippen molar-refractivity contribution < 1.29 is 14.7 Å². The third-order valence-electron chi connectivity index (χ3n) is 5.54. The number of benzene rings is 2. The molecule has 0 aliphatic heterocycles. The van der Waals surface area contributed by atoms with Crippen molar-refractivity contribution in [2.75, 3.05) is 6.54 Å². The zero-order valence-electron chi connectivity index (χ0n) is 16.0. The molecule has 0 spiro atoms. The number of hydrogen-bond donors (Lipinski definition) is 3. The second kappa shape index (κ2) is 7.95. The monoisotopic (exact) mass is 393 g/mol. The smallest absolute Gasteiger partial charge is 0.335 e. The summed E-state index contributed by atoms with van der Waals surface area (Å²) in [6.45, 7) is 0.388. The number of aromatic amines is 1. The highest BCUT2D eigenvalue weighted by molar-refractivity contribution is 5.97. The SMILES string of the molecule is O=C(O)c1cccc(CCNC(=O)c2ccc3c(c2)[nH]c(=O)n3C2CCCC2)c1. The first kappa shape index (κ1) is 19.0. The number of carbonyl (C=O) groups excluding carboxylic acids is 1. The number of nitrogens with one attached hydrogen (secondary N) is 2. The number of fused-ring (bicyclic) bond motifs is 1. The number of nitrogens with zero attached hydrogens (tertiary/aromatic N) is 1. The summed E-state index contributed by atoms with van der Waals surface area (Å²) in [5.41, 5.74) is 2.95. The van der Waals surface area contributed by atoms with E-state index in [4.69, 9.17) is 5.11 Å². The molecule has 3 aromatic rings. The normalized spacial score (nSPS) is 14.3. The van der Waals surface area contributed by atoms with E-state index in [2.05, 4.69) is 10.3 Å². The Morgan fingerprint density at radius 3 is 2.66 bits per heavy atom. The summed E-state index contributed by atoms with van der Waals surface area (Å²) in [7, 11) is 0. The summed E-state index contributed by atoms with van der Waals surface area (Å²) in [5.74, 6) is -1.20. The van der Waals surface area contributed by atoms with E-state index in [9.17, 15) is 14.4 Å². The van der Waals surface area contributed by atoms with Crippen LogP contribution in [0.1, 0.15) is 58.0 Å². The fourth-order valence-corrected chi connectivity index (χ4v) is 4.08. The first-order valence-electron chi connectivity index (χ1n) is 9.87. The molecule has 0 saturated heterocycles. The van der Waals surface area contributed by atoms with Gasteiger partial charge in [-0.3, -0.25) is 9.36 Å². The Morgan fingerprint density at radius 1 is 1.10 bits per heavy atom. The standard InChI is InChI=1S/C22H23N3O4/c26-20(23-11-10-14-4-3-5-16(12-14)21(27)28)15-8-9-19-18(13-15)24-22(29)25(19)17-6-1-2-7-17/h3-5,8-9,12-13,17H,1-2,6-7,10-11H2,(H,23,26)(H,24,29)(H,27,28). The Morgan fingerprint density at radius 2 is 1.90 bits per heavy atom. The molecule has 29 heavy (non-hydrogen) atoms. The minimum atomic E-state index is -0.970. The van der Waals surface area contributed by atoms with Crippen LogP contribution in [0.4, 0.5) is 0 Å². The van der Waals surface area contributed by atoms with Crippen LogP contribution in [0.15, 0.2) is 47.3 Å². The van der Waals surface area contributed by atoms with Crippen molar-refractivity contribution in [1.82, 2.24) is 14.9 Å². The Labute approximate surface area is 167 Å². The quantitative estimate of drug-likeness (QED) is 0.598. The maximum Gasteiger partial charge on any atom is 0.335 e. The topological polar surface area (TPSA) is 104 Å². The molecule has 1 heterocycles. The average molecular weight is 393 g/mol. The number of carboxylic acid groups (broad SMARTS) is 1. The number of amides is 1. The van der Waals surface area contributed by atoms with Crippen LogP contribution < -0.4 is 11.0 Å². The maximum absolute atomic E-state index is 12.5. The van der Waals surface area contributed by atoms with E-state index in [1.807, 2.05) is 16.7 Å². The van der Waals surface area contributed by atoms with E-state index in [1.165, 1.54) is 6.07 Å². The molecule has 0 radical (unpaired) electrons. The molecule has 1 aliphatic rings. The van der Waals surface area contributed by atoms with Crippen LogP contribution >= 0.6 is 0 Å². The van der Waals surface area contributed by atoms with Gasteiger partial charge in [-0.25, -0.2) is 9.59 Å². The summed E-state index contributed by atoms with van der Waals surface area (Å²) in [6.07, 6.45) is 4.83. The van der Waals surface area contributed by atoms with Gasteiger partial charge < -0.3 is 15.4 Å². The molecule has 1 aliphatic carbocycles. The summed E-state index contributed by atoms with van der Waals surface area (Å²) in [6, 6.07) is 12.2.